The highest BCUT2D eigenvalue weighted by Crippen LogP contribution is 2.37. The summed E-state index contributed by atoms with van der Waals surface area (Å²) >= 11 is 0. The average molecular weight is 540 g/mol. The normalized spacial score (nSPS) is 13.6. The fourth-order valence-corrected chi connectivity index (χ4v) is 4.98. The molecule has 0 radical (unpaired) electrons. The lowest BCUT2D eigenvalue weighted by Crippen LogP contribution is -2.43. The van der Waals surface area contributed by atoms with Crippen LogP contribution in [0.25, 0.3) is 22.3 Å². The van der Waals surface area contributed by atoms with E-state index in [2.05, 4.69) is 4.90 Å². The minimum atomic E-state index is -0.625. The van der Waals surface area contributed by atoms with Crippen LogP contribution in [0.2, 0.25) is 0 Å². The van der Waals surface area contributed by atoms with Gasteiger partial charge in [0, 0.05) is 43.0 Å². The minimum absolute atomic E-state index is 0.161. The van der Waals surface area contributed by atoms with Crippen molar-refractivity contribution in [1.82, 2.24) is 4.90 Å². The number of aromatic hydroxyl groups is 1. The van der Waals surface area contributed by atoms with Gasteiger partial charge in [-0.25, -0.2) is 4.39 Å². The Bertz CT molecular complexity index is 1500. The van der Waals surface area contributed by atoms with Gasteiger partial charge in [0.25, 0.3) is 5.91 Å². The summed E-state index contributed by atoms with van der Waals surface area (Å²) in [5.74, 6) is -1.52. The molecular weight excluding hydrogens is 509 g/mol. The number of ether oxygens (including phenoxy) is 1. The number of hydrogen-bond acceptors (Lipinski definition) is 5. The number of halogens is 1. The van der Waals surface area contributed by atoms with Crippen LogP contribution >= 0.6 is 0 Å². The van der Waals surface area contributed by atoms with E-state index in [4.69, 9.17) is 10.5 Å². The molecule has 2 amide bonds. The largest absolute Gasteiger partial charge is 0.507 e. The highest BCUT2D eigenvalue weighted by molar-refractivity contribution is 6.08. The maximum Gasteiger partial charge on any atom is 0.258 e. The van der Waals surface area contributed by atoms with Crippen LogP contribution in [0.3, 0.4) is 0 Å². The molecule has 4 aromatic rings. The molecule has 0 atom stereocenters. The molecule has 40 heavy (non-hydrogen) atoms. The lowest BCUT2D eigenvalue weighted by Gasteiger charge is -2.30. The Morgan fingerprint density at radius 3 is 2.25 bits per heavy atom. The quantitative estimate of drug-likeness (QED) is 0.331. The number of hydrogen-bond donors (Lipinski definition) is 2. The Labute approximate surface area is 232 Å². The second-order valence-electron chi connectivity index (χ2n) is 9.58. The summed E-state index contributed by atoms with van der Waals surface area (Å²) in [5.41, 5.74) is 9.21. The number of phenols is 1. The van der Waals surface area contributed by atoms with Gasteiger partial charge in [0.1, 0.15) is 11.6 Å². The number of nitrogens with zero attached hydrogens (tertiary/aromatic N) is 2. The van der Waals surface area contributed by atoms with Crippen LogP contribution in [-0.4, -0.2) is 61.2 Å². The van der Waals surface area contributed by atoms with Gasteiger partial charge >= 0.3 is 0 Å². The average Bonchev–Trinajstić information content (AvgIpc) is 2.98. The number of carbonyl (C=O) groups is 2. The first-order valence-electron chi connectivity index (χ1n) is 13.1. The fraction of sp³-hybridized carbons (Fsp3) is 0.188. The third kappa shape index (κ3) is 5.88. The number of carbonyl (C=O) groups excluding carboxylic acids is 2. The number of phenolic OH excluding ortho intramolecular Hbond substituents is 1. The third-order valence-electron chi connectivity index (χ3n) is 7.06. The molecule has 0 aliphatic carbocycles. The molecule has 7 nitrogen and oxygen atoms in total. The first kappa shape index (κ1) is 27.1. The number of anilines is 1. The van der Waals surface area contributed by atoms with Gasteiger partial charge in [-0.05, 0) is 59.2 Å². The van der Waals surface area contributed by atoms with Crippen molar-refractivity contribution >= 4 is 17.5 Å². The smallest absolute Gasteiger partial charge is 0.258 e. The number of nitrogens with two attached hydrogens (primary N) is 1. The molecule has 4 aromatic carbocycles. The predicted octanol–water partition coefficient (Wildman–Crippen LogP) is 4.94. The van der Waals surface area contributed by atoms with Crippen LogP contribution in [0.5, 0.6) is 5.75 Å². The summed E-state index contributed by atoms with van der Waals surface area (Å²) in [7, 11) is 0. The van der Waals surface area contributed by atoms with Gasteiger partial charge in [-0.1, -0.05) is 48.5 Å². The molecule has 3 N–H and O–H groups in total. The highest BCUT2D eigenvalue weighted by Gasteiger charge is 2.23. The Morgan fingerprint density at radius 1 is 0.875 bits per heavy atom. The number of benzene rings is 4. The van der Waals surface area contributed by atoms with Crippen molar-refractivity contribution < 1.29 is 23.8 Å². The lowest BCUT2D eigenvalue weighted by molar-refractivity contribution is 0.0391. The number of morpholine rings is 1. The van der Waals surface area contributed by atoms with Crippen LogP contribution < -0.4 is 10.6 Å². The molecule has 1 fully saturated rings. The standard InChI is InChI=1S/C32H30FN3O4/c33-24-10-12-25(13-11-24)36(16-15-35-17-19-40-20-18-35)32(39)23-9-14-27(29(37)21-23)28-8-4-7-26(30(28)31(34)38)22-5-2-1-3-6-22/h1-14,21,37H,15-20H2,(H2,34,38). The summed E-state index contributed by atoms with van der Waals surface area (Å²) in [4.78, 5) is 30.1. The molecule has 1 saturated heterocycles. The number of amides is 2. The maximum absolute atomic E-state index is 13.7. The minimum Gasteiger partial charge on any atom is -0.507 e. The summed E-state index contributed by atoms with van der Waals surface area (Å²) in [6.45, 7) is 3.80. The van der Waals surface area contributed by atoms with Crippen LogP contribution in [0.4, 0.5) is 10.1 Å². The Morgan fingerprint density at radius 2 is 1.57 bits per heavy atom. The van der Waals surface area contributed by atoms with E-state index in [0.717, 1.165) is 18.7 Å². The summed E-state index contributed by atoms with van der Waals surface area (Å²) in [6, 6.07) is 25.1. The molecule has 1 aliphatic heterocycles. The Balaban J connectivity index is 1.48. The van der Waals surface area contributed by atoms with Gasteiger partial charge in [0.05, 0.1) is 18.8 Å². The third-order valence-corrected chi connectivity index (χ3v) is 7.06. The lowest BCUT2D eigenvalue weighted by atomic mass is 9.90. The molecular formula is C32H30FN3O4. The van der Waals surface area contributed by atoms with E-state index >= 15 is 0 Å². The van der Waals surface area contributed by atoms with E-state index in [0.29, 0.717) is 48.7 Å². The predicted molar refractivity (Wildman–Crippen MR) is 153 cm³/mol. The fourth-order valence-electron chi connectivity index (χ4n) is 4.98. The second kappa shape index (κ2) is 12.1. The molecule has 0 saturated carbocycles. The van der Waals surface area contributed by atoms with Crippen LogP contribution in [0, 0.1) is 5.82 Å². The van der Waals surface area contributed by atoms with Crippen molar-refractivity contribution in [3.05, 3.63) is 108 Å². The van der Waals surface area contributed by atoms with Gasteiger partial charge < -0.3 is 20.5 Å². The van der Waals surface area contributed by atoms with Crippen LogP contribution in [0.15, 0.2) is 91.0 Å². The van der Waals surface area contributed by atoms with E-state index in [9.17, 15) is 19.1 Å². The van der Waals surface area contributed by atoms with Crippen molar-refractivity contribution in [3.8, 4) is 28.0 Å². The molecule has 5 rings (SSSR count). The van der Waals surface area contributed by atoms with Crippen molar-refractivity contribution in [3.63, 3.8) is 0 Å². The first-order chi connectivity index (χ1) is 19.4. The number of rotatable bonds is 8. The second-order valence-corrected chi connectivity index (χ2v) is 9.58. The SMILES string of the molecule is NC(=O)c1c(-c2ccccc2)cccc1-c1ccc(C(=O)N(CCN2CCOCC2)c2ccc(F)cc2)cc1O. The van der Waals surface area contributed by atoms with Crippen LogP contribution in [-0.2, 0) is 4.74 Å². The zero-order valence-corrected chi connectivity index (χ0v) is 21.9. The molecule has 0 spiro atoms. The van der Waals surface area contributed by atoms with Gasteiger partial charge in [-0.15, -0.1) is 0 Å². The zero-order chi connectivity index (χ0) is 28.1. The summed E-state index contributed by atoms with van der Waals surface area (Å²) in [6.07, 6.45) is 0. The van der Waals surface area contributed by atoms with Gasteiger partial charge in [0.2, 0.25) is 5.91 Å². The Kier molecular flexibility index (Phi) is 8.19. The van der Waals surface area contributed by atoms with Crippen molar-refractivity contribution in [2.24, 2.45) is 5.73 Å². The van der Waals surface area contributed by atoms with Crippen molar-refractivity contribution in [1.29, 1.82) is 0 Å². The van der Waals surface area contributed by atoms with Gasteiger partial charge in [0.15, 0.2) is 0 Å². The molecule has 0 aromatic heterocycles. The van der Waals surface area contributed by atoms with Crippen LogP contribution in [0.1, 0.15) is 20.7 Å². The van der Waals surface area contributed by atoms with E-state index < -0.39 is 11.7 Å². The Hall–Kier alpha value is -4.53. The molecule has 1 aliphatic rings. The molecule has 204 valence electrons. The number of primary amides is 1. The first-order valence-corrected chi connectivity index (χ1v) is 13.1. The molecule has 0 bridgehead atoms. The molecule has 1 heterocycles. The van der Waals surface area contributed by atoms with E-state index in [1.165, 1.54) is 18.2 Å². The highest BCUT2D eigenvalue weighted by atomic mass is 19.1. The zero-order valence-electron chi connectivity index (χ0n) is 21.9. The monoisotopic (exact) mass is 539 g/mol. The van der Waals surface area contributed by atoms with E-state index in [1.54, 1.807) is 41.3 Å². The summed E-state index contributed by atoms with van der Waals surface area (Å²) < 4.78 is 19.1. The van der Waals surface area contributed by atoms with Gasteiger partial charge in [-0.2, -0.15) is 0 Å². The van der Waals surface area contributed by atoms with Gasteiger partial charge in [-0.3, -0.25) is 14.5 Å². The van der Waals surface area contributed by atoms with E-state index in [-0.39, 0.29) is 22.8 Å². The topological polar surface area (TPSA) is 96.1 Å². The van der Waals surface area contributed by atoms with Crippen molar-refractivity contribution in [2.75, 3.05) is 44.3 Å². The molecule has 8 heteroatoms. The van der Waals surface area contributed by atoms with E-state index in [1.807, 2.05) is 36.4 Å². The van der Waals surface area contributed by atoms with Crippen molar-refractivity contribution in [2.45, 2.75) is 0 Å². The maximum atomic E-state index is 13.7. The molecule has 0 unspecified atom stereocenters. The summed E-state index contributed by atoms with van der Waals surface area (Å²) in [5, 5.41) is 11.1.